The van der Waals surface area contributed by atoms with Gasteiger partial charge in [-0.05, 0) is 78.6 Å². The van der Waals surface area contributed by atoms with E-state index < -0.39 is 29.4 Å². The van der Waals surface area contributed by atoms with E-state index in [-0.39, 0.29) is 40.7 Å². The average Bonchev–Trinajstić information content (AvgIpc) is 2.98. The maximum absolute atomic E-state index is 14.5. The van der Waals surface area contributed by atoms with E-state index in [2.05, 4.69) is 15.6 Å². The number of anilines is 2. The lowest BCUT2D eigenvalue weighted by atomic mass is 9.95. The molecule has 0 fully saturated rings. The van der Waals surface area contributed by atoms with E-state index in [1.807, 2.05) is 6.92 Å². The standard InChI is InChI=1S/C31H28F2N4O4/c1-3-18(2)41-31(40)22-9-10-25(32)28(15-22)37-29(38)20-6-4-5-19(13-20)24-14-21(7-8-23(24)16-34)30(39)36-27-11-12-35-17-26(27)33/h4-15,17-18H,3,16,34H2,1-2H3,(H,37,38)(H,35,36,39)/t18-/m0/s1. The summed E-state index contributed by atoms with van der Waals surface area (Å²) in [7, 11) is 0. The van der Waals surface area contributed by atoms with Crippen molar-refractivity contribution in [2.75, 3.05) is 10.6 Å². The minimum Gasteiger partial charge on any atom is -0.459 e. The number of carbonyl (C=O) groups excluding carboxylic acids is 3. The van der Waals surface area contributed by atoms with Crippen LogP contribution in [-0.2, 0) is 11.3 Å². The van der Waals surface area contributed by atoms with Crippen LogP contribution in [0.1, 0.15) is 56.9 Å². The van der Waals surface area contributed by atoms with Gasteiger partial charge in [0.2, 0.25) is 0 Å². The molecule has 0 saturated carbocycles. The van der Waals surface area contributed by atoms with E-state index in [4.69, 9.17) is 10.5 Å². The quantitative estimate of drug-likeness (QED) is 0.218. The van der Waals surface area contributed by atoms with Crippen LogP contribution in [0.2, 0.25) is 0 Å². The molecule has 1 heterocycles. The Labute approximate surface area is 235 Å². The van der Waals surface area contributed by atoms with Crippen molar-refractivity contribution in [3.8, 4) is 11.1 Å². The molecular weight excluding hydrogens is 530 g/mol. The first kappa shape index (κ1) is 29.0. The van der Waals surface area contributed by atoms with E-state index in [9.17, 15) is 23.2 Å². The van der Waals surface area contributed by atoms with Gasteiger partial charge in [0.25, 0.3) is 11.8 Å². The van der Waals surface area contributed by atoms with Gasteiger partial charge in [0.1, 0.15) is 5.82 Å². The van der Waals surface area contributed by atoms with Crippen LogP contribution in [0.3, 0.4) is 0 Å². The van der Waals surface area contributed by atoms with Crippen LogP contribution < -0.4 is 16.4 Å². The highest BCUT2D eigenvalue weighted by atomic mass is 19.1. The van der Waals surface area contributed by atoms with Crippen LogP contribution in [0.4, 0.5) is 20.2 Å². The minimum atomic E-state index is -0.718. The van der Waals surface area contributed by atoms with Gasteiger partial charge >= 0.3 is 5.97 Å². The first-order chi connectivity index (χ1) is 19.7. The Morgan fingerprint density at radius 1 is 0.878 bits per heavy atom. The number of benzene rings is 3. The van der Waals surface area contributed by atoms with Gasteiger partial charge < -0.3 is 21.1 Å². The Hall–Kier alpha value is -4.96. The zero-order valence-electron chi connectivity index (χ0n) is 22.4. The van der Waals surface area contributed by atoms with E-state index in [0.717, 1.165) is 12.3 Å². The molecule has 10 heteroatoms. The van der Waals surface area contributed by atoms with Crippen molar-refractivity contribution in [1.29, 1.82) is 0 Å². The maximum atomic E-state index is 14.5. The summed E-state index contributed by atoms with van der Waals surface area (Å²) < 4.78 is 33.8. The second-order valence-electron chi connectivity index (χ2n) is 9.24. The minimum absolute atomic E-state index is 0.0161. The van der Waals surface area contributed by atoms with E-state index in [1.165, 1.54) is 24.4 Å². The van der Waals surface area contributed by atoms with Crippen molar-refractivity contribution in [1.82, 2.24) is 4.98 Å². The summed E-state index contributed by atoms with van der Waals surface area (Å²) in [4.78, 5) is 42.0. The maximum Gasteiger partial charge on any atom is 0.338 e. The molecule has 1 aromatic heterocycles. The lowest BCUT2D eigenvalue weighted by molar-refractivity contribution is 0.0334. The third-order valence-electron chi connectivity index (χ3n) is 6.38. The summed E-state index contributed by atoms with van der Waals surface area (Å²) in [6, 6.07) is 16.3. The topological polar surface area (TPSA) is 123 Å². The number of esters is 1. The molecule has 4 aromatic rings. The lowest BCUT2D eigenvalue weighted by Gasteiger charge is -2.14. The van der Waals surface area contributed by atoms with Crippen molar-refractivity contribution in [3.63, 3.8) is 0 Å². The third-order valence-corrected chi connectivity index (χ3v) is 6.38. The van der Waals surface area contributed by atoms with Gasteiger partial charge in [0.15, 0.2) is 5.82 Å². The number of nitrogens with two attached hydrogens (primary N) is 1. The molecule has 0 radical (unpaired) electrons. The van der Waals surface area contributed by atoms with Crippen molar-refractivity contribution < 1.29 is 27.9 Å². The molecule has 0 spiro atoms. The normalized spacial score (nSPS) is 11.4. The Kier molecular flexibility index (Phi) is 9.15. The number of nitrogens with one attached hydrogen (secondary N) is 2. The highest BCUT2D eigenvalue weighted by Crippen LogP contribution is 2.27. The molecule has 0 aliphatic rings. The molecule has 210 valence electrons. The van der Waals surface area contributed by atoms with E-state index >= 15 is 0 Å². The fourth-order valence-electron chi connectivity index (χ4n) is 3.94. The summed E-state index contributed by atoms with van der Waals surface area (Å²) in [5.74, 6) is -3.18. The molecule has 8 nitrogen and oxygen atoms in total. The fraction of sp³-hybridized carbons (Fsp3) is 0.161. The Morgan fingerprint density at radius 2 is 1.59 bits per heavy atom. The largest absolute Gasteiger partial charge is 0.459 e. The molecule has 2 amide bonds. The van der Waals surface area contributed by atoms with Gasteiger partial charge in [-0.2, -0.15) is 0 Å². The van der Waals surface area contributed by atoms with E-state index in [1.54, 1.807) is 49.4 Å². The zero-order chi connectivity index (χ0) is 29.5. The monoisotopic (exact) mass is 558 g/mol. The predicted molar refractivity (Wildman–Crippen MR) is 151 cm³/mol. The highest BCUT2D eigenvalue weighted by molar-refractivity contribution is 6.07. The van der Waals surface area contributed by atoms with Crippen molar-refractivity contribution in [2.45, 2.75) is 32.9 Å². The van der Waals surface area contributed by atoms with Gasteiger partial charge in [0.05, 0.1) is 29.2 Å². The molecule has 0 unspecified atom stereocenters. The number of carbonyl (C=O) groups is 3. The van der Waals surface area contributed by atoms with E-state index in [0.29, 0.717) is 23.1 Å². The number of hydrogen-bond donors (Lipinski definition) is 3. The number of pyridine rings is 1. The summed E-state index contributed by atoms with van der Waals surface area (Å²) >= 11 is 0. The van der Waals surface area contributed by atoms with Crippen molar-refractivity contribution in [3.05, 3.63) is 113 Å². The molecular formula is C31H28F2N4O4. The van der Waals surface area contributed by atoms with Gasteiger partial charge in [-0.15, -0.1) is 0 Å². The second-order valence-corrected chi connectivity index (χ2v) is 9.24. The van der Waals surface area contributed by atoms with Crippen LogP contribution in [0, 0.1) is 11.6 Å². The summed E-state index contributed by atoms with van der Waals surface area (Å²) in [6.07, 6.45) is 2.66. The average molecular weight is 559 g/mol. The van der Waals surface area contributed by atoms with Gasteiger partial charge in [0, 0.05) is 23.9 Å². The van der Waals surface area contributed by atoms with Crippen LogP contribution in [0.15, 0.2) is 79.1 Å². The number of nitrogens with zero attached hydrogens (tertiary/aromatic N) is 1. The smallest absolute Gasteiger partial charge is 0.338 e. The number of amides is 2. The summed E-state index contributed by atoms with van der Waals surface area (Å²) in [5.41, 5.74) is 8.16. The molecule has 0 aliphatic heterocycles. The molecule has 4 rings (SSSR count). The molecule has 0 aliphatic carbocycles. The summed E-state index contributed by atoms with van der Waals surface area (Å²) in [6.45, 7) is 3.77. The molecule has 3 aromatic carbocycles. The second kappa shape index (κ2) is 12.9. The predicted octanol–water partition coefficient (Wildman–Crippen LogP) is 5.95. The number of rotatable bonds is 9. The first-order valence-corrected chi connectivity index (χ1v) is 12.9. The highest BCUT2D eigenvalue weighted by Gasteiger charge is 2.17. The van der Waals surface area contributed by atoms with Gasteiger partial charge in [-0.3, -0.25) is 14.6 Å². The Balaban J connectivity index is 1.59. The van der Waals surface area contributed by atoms with Gasteiger partial charge in [-0.1, -0.05) is 25.1 Å². The first-order valence-electron chi connectivity index (χ1n) is 12.9. The number of aromatic nitrogens is 1. The SMILES string of the molecule is CC[C@H](C)OC(=O)c1ccc(F)c(NC(=O)c2cccc(-c3cc(C(=O)Nc4ccncc4F)ccc3CN)c2)c1. The Morgan fingerprint density at radius 3 is 2.29 bits per heavy atom. The zero-order valence-corrected chi connectivity index (χ0v) is 22.4. The molecule has 0 bridgehead atoms. The number of hydrogen-bond acceptors (Lipinski definition) is 6. The molecule has 0 saturated heterocycles. The van der Waals surface area contributed by atoms with Crippen molar-refractivity contribution >= 4 is 29.2 Å². The molecule has 4 N–H and O–H groups in total. The molecule has 1 atom stereocenters. The third kappa shape index (κ3) is 6.98. The van der Waals surface area contributed by atoms with Crippen LogP contribution >= 0.6 is 0 Å². The molecule has 41 heavy (non-hydrogen) atoms. The number of ether oxygens (including phenoxy) is 1. The lowest BCUT2D eigenvalue weighted by Crippen LogP contribution is -2.16. The fourth-order valence-corrected chi connectivity index (χ4v) is 3.94. The van der Waals surface area contributed by atoms with Crippen LogP contribution in [-0.4, -0.2) is 28.9 Å². The Bertz CT molecular complexity index is 1610. The van der Waals surface area contributed by atoms with Crippen molar-refractivity contribution in [2.24, 2.45) is 5.73 Å². The number of halogens is 2. The summed E-state index contributed by atoms with van der Waals surface area (Å²) in [5, 5.41) is 5.02. The van der Waals surface area contributed by atoms with Gasteiger partial charge in [-0.25, -0.2) is 13.6 Å². The van der Waals surface area contributed by atoms with Crippen LogP contribution in [0.5, 0.6) is 0 Å². The van der Waals surface area contributed by atoms with Crippen LogP contribution in [0.25, 0.3) is 11.1 Å².